The number of nitriles is 1. The van der Waals surface area contributed by atoms with Gasteiger partial charge < -0.3 is 22.9 Å². The van der Waals surface area contributed by atoms with Crippen LogP contribution in [0.1, 0.15) is 40.5 Å². The van der Waals surface area contributed by atoms with Crippen LogP contribution in [-0.2, 0) is 0 Å². The van der Waals surface area contributed by atoms with Gasteiger partial charge in [0.15, 0.2) is 12.2 Å². The number of nitrogens with zero attached hydrogens (tertiary/aromatic N) is 2. The Morgan fingerprint density at radius 2 is 1.56 bits per heavy atom. The molecule has 0 aromatic carbocycles. The first-order chi connectivity index (χ1) is 7.35. The minimum Gasteiger partial charge on any atom is -0.370 e. The van der Waals surface area contributed by atoms with E-state index < -0.39 is 0 Å². The van der Waals surface area contributed by atoms with E-state index in [1.165, 1.54) is 6.19 Å². The van der Waals surface area contributed by atoms with Crippen molar-refractivity contribution in [1.82, 2.24) is 0 Å². The summed E-state index contributed by atoms with van der Waals surface area (Å²) >= 11 is 0. The summed E-state index contributed by atoms with van der Waals surface area (Å²) in [5.74, 6) is 0.180. The second-order valence-corrected chi connectivity index (χ2v) is 3.33. The van der Waals surface area contributed by atoms with Gasteiger partial charge in [-0.1, -0.05) is 13.8 Å². The van der Waals surface area contributed by atoms with Crippen LogP contribution >= 0.6 is 0 Å². The molecule has 0 aliphatic rings. The van der Waals surface area contributed by atoms with Gasteiger partial charge in [0.2, 0.25) is 0 Å². The fourth-order valence-corrected chi connectivity index (χ4v) is 0.346. The van der Waals surface area contributed by atoms with Gasteiger partial charge in [-0.2, -0.15) is 5.26 Å². The standard InChI is InChI=1S/C5H13N3.C4H11N.CH2N2/c1-3-4(2)8-5(6)7;1-3-4(2)5;2-1-3/h4H,3H2,1-2H3,(H4,6,7,8);4H,3,5H2,1-2H3;2H2. The average Bonchev–Trinajstić information content (AvgIpc) is 2.18. The first-order valence-electron chi connectivity index (χ1n) is 5.29. The molecule has 0 aliphatic heterocycles. The predicted octanol–water partition coefficient (Wildman–Crippen LogP) is 0.228. The lowest BCUT2D eigenvalue weighted by atomic mass is 10.3. The molecule has 0 spiro atoms. The van der Waals surface area contributed by atoms with Crippen LogP contribution in [0.25, 0.3) is 0 Å². The fraction of sp³-hybridized carbons (Fsp3) is 0.800. The number of hydrogen-bond acceptors (Lipinski definition) is 4. The maximum Gasteiger partial charge on any atom is 0.186 e. The second-order valence-electron chi connectivity index (χ2n) is 3.33. The minimum absolute atomic E-state index is 0.180. The molecule has 2 unspecified atom stereocenters. The molecule has 6 heteroatoms. The molecule has 16 heavy (non-hydrogen) atoms. The molecule has 96 valence electrons. The molecule has 0 heterocycles. The Morgan fingerprint density at radius 3 is 1.62 bits per heavy atom. The molecule has 0 fully saturated rings. The average molecular weight is 230 g/mol. The lowest BCUT2D eigenvalue weighted by Crippen LogP contribution is -2.24. The Bertz CT molecular complexity index is 190. The predicted molar refractivity (Wildman–Crippen MR) is 69.3 cm³/mol. The van der Waals surface area contributed by atoms with Crippen LogP contribution in [0.5, 0.6) is 0 Å². The number of hydrogen-bond donors (Lipinski definition) is 4. The van der Waals surface area contributed by atoms with E-state index in [0.717, 1.165) is 12.8 Å². The van der Waals surface area contributed by atoms with Crippen molar-refractivity contribution >= 4 is 5.96 Å². The van der Waals surface area contributed by atoms with Gasteiger partial charge in [0.1, 0.15) is 0 Å². The zero-order chi connectivity index (χ0) is 13.6. The van der Waals surface area contributed by atoms with Crippen molar-refractivity contribution < 1.29 is 0 Å². The van der Waals surface area contributed by atoms with Crippen molar-refractivity contribution in [3.05, 3.63) is 0 Å². The van der Waals surface area contributed by atoms with E-state index >= 15 is 0 Å². The summed E-state index contributed by atoms with van der Waals surface area (Å²) in [5, 5.41) is 7.10. The normalized spacial score (nSPS) is 11.5. The molecule has 0 aromatic rings. The maximum absolute atomic E-state index is 7.10. The number of nitrogens with two attached hydrogens (primary N) is 4. The lowest BCUT2D eigenvalue weighted by molar-refractivity contribution is 0.714. The van der Waals surface area contributed by atoms with Gasteiger partial charge >= 0.3 is 0 Å². The van der Waals surface area contributed by atoms with E-state index in [-0.39, 0.29) is 12.0 Å². The molecule has 6 nitrogen and oxygen atoms in total. The van der Waals surface area contributed by atoms with E-state index in [4.69, 9.17) is 22.5 Å². The summed E-state index contributed by atoms with van der Waals surface area (Å²) in [4.78, 5) is 3.87. The van der Waals surface area contributed by atoms with Crippen LogP contribution in [0.3, 0.4) is 0 Å². The molecule has 0 rings (SSSR count). The van der Waals surface area contributed by atoms with Crippen molar-refractivity contribution in [2.24, 2.45) is 27.9 Å². The Labute approximate surface area is 98.7 Å². The van der Waals surface area contributed by atoms with Crippen LogP contribution in [0.2, 0.25) is 0 Å². The summed E-state index contributed by atoms with van der Waals surface area (Å²) in [6.07, 6.45) is 3.32. The van der Waals surface area contributed by atoms with E-state index in [9.17, 15) is 0 Å². The molecule has 2 atom stereocenters. The Kier molecular flexibility index (Phi) is 20.0. The SMILES string of the molecule is CCC(C)N.CCC(C)N=C(N)N.N#CN. The van der Waals surface area contributed by atoms with Crippen molar-refractivity contribution in [3.63, 3.8) is 0 Å². The highest BCUT2D eigenvalue weighted by Gasteiger charge is 1.91. The van der Waals surface area contributed by atoms with Gasteiger partial charge in [0.25, 0.3) is 0 Å². The van der Waals surface area contributed by atoms with Crippen LogP contribution in [0.15, 0.2) is 4.99 Å². The zero-order valence-corrected chi connectivity index (χ0v) is 10.8. The second kappa shape index (κ2) is 16.0. The number of aliphatic imine (C=N–C) groups is 1. The smallest absolute Gasteiger partial charge is 0.186 e. The Morgan fingerprint density at radius 1 is 1.25 bits per heavy atom. The highest BCUT2D eigenvalue weighted by atomic mass is 15.0. The van der Waals surface area contributed by atoms with Crippen LogP contribution < -0.4 is 22.9 Å². The number of rotatable bonds is 3. The molecule has 0 aromatic heterocycles. The van der Waals surface area contributed by atoms with Gasteiger partial charge in [-0.3, -0.25) is 4.99 Å². The van der Waals surface area contributed by atoms with Crippen molar-refractivity contribution in [1.29, 1.82) is 5.26 Å². The fourth-order valence-electron chi connectivity index (χ4n) is 0.346. The molecule has 0 saturated carbocycles. The third kappa shape index (κ3) is 39.1. The van der Waals surface area contributed by atoms with Crippen molar-refractivity contribution in [3.8, 4) is 6.19 Å². The molecular formula is C10H26N6. The summed E-state index contributed by atoms with van der Waals surface area (Å²) in [7, 11) is 0. The largest absolute Gasteiger partial charge is 0.370 e. The van der Waals surface area contributed by atoms with E-state index in [2.05, 4.69) is 17.6 Å². The third-order valence-electron chi connectivity index (χ3n) is 1.60. The monoisotopic (exact) mass is 230 g/mol. The van der Waals surface area contributed by atoms with Gasteiger partial charge in [-0.15, -0.1) is 0 Å². The molecule has 0 aliphatic carbocycles. The summed E-state index contributed by atoms with van der Waals surface area (Å²) in [5.41, 5.74) is 19.6. The van der Waals surface area contributed by atoms with Crippen molar-refractivity contribution in [2.75, 3.05) is 0 Å². The van der Waals surface area contributed by atoms with Gasteiger partial charge in [0, 0.05) is 6.04 Å². The van der Waals surface area contributed by atoms with Crippen molar-refractivity contribution in [2.45, 2.75) is 52.6 Å². The van der Waals surface area contributed by atoms with Crippen LogP contribution in [-0.4, -0.2) is 18.0 Å². The summed E-state index contributed by atoms with van der Waals surface area (Å²) < 4.78 is 0. The maximum atomic E-state index is 7.10. The molecule has 8 N–H and O–H groups in total. The topological polar surface area (TPSA) is 140 Å². The molecular weight excluding hydrogens is 204 g/mol. The summed E-state index contributed by atoms with van der Waals surface area (Å²) in [6, 6.07) is 0.648. The van der Waals surface area contributed by atoms with E-state index in [0.29, 0.717) is 6.04 Å². The summed E-state index contributed by atoms with van der Waals surface area (Å²) in [6.45, 7) is 8.08. The van der Waals surface area contributed by atoms with Crippen LogP contribution in [0.4, 0.5) is 0 Å². The quantitative estimate of drug-likeness (QED) is 0.238. The van der Waals surface area contributed by atoms with Crippen LogP contribution in [0, 0.1) is 11.5 Å². The molecule has 0 saturated heterocycles. The van der Waals surface area contributed by atoms with E-state index in [1.54, 1.807) is 0 Å². The third-order valence-corrected chi connectivity index (χ3v) is 1.60. The molecule has 0 bridgehead atoms. The minimum atomic E-state index is 0.180. The highest BCUT2D eigenvalue weighted by Crippen LogP contribution is 1.91. The zero-order valence-electron chi connectivity index (χ0n) is 10.8. The molecule has 0 radical (unpaired) electrons. The lowest BCUT2D eigenvalue weighted by Gasteiger charge is -1.99. The van der Waals surface area contributed by atoms with Gasteiger partial charge in [0.05, 0.1) is 6.04 Å². The Hall–Kier alpha value is -1.48. The van der Waals surface area contributed by atoms with Gasteiger partial charge in [-0.25, -0.2) is 0 Å². The number of guanidine groups is 1. The highest BCUT2D eigenvalue weighted by molar-refractivity contribution is 5.75. The molecule has 0 amide bonds. The van der Waals surface area contributed by atoms with Gasteiger partial charge in [-0.05, 0) is 26.7 Å². The Balaban J connectivity index is -0.000000181. The first-order valence-corrected chi connectivity index (χ1v) is 5.29. The van der Waals surface area contributed by atoms with E-state index in [1.807, 2.05) is 20.8 Å². The first kappa shape index (κ1) is 20.0.